The summed E-state index contributed by atoms with van der Waals surface area (Å²) in [6.07, 6.45) is 8.78. The number of amides is 2. The van der Waals surface area contributed by atoms with Gasteiger partial charge in [-0.05, 0) is 98.8 Å². The molecule has 6 N–H and O–H groups in total. The Kier molecular flexibility index (Phi) is 10.7. The molecule has 1 heterocycles. The second-order valence-electron chi connectivity index (χ2n) is 10.2. The van der Waals surface area contributed by atoms with E-state index >= 15 is 0 Å². The van der Waals surface area contributed by atoms with Crippen molar-refractivity contribution in [1.29, 1.82) is 0 Å². The largest absolute Gasteiger partial charge is 0.339 e. The van der Waals surface area contributed by atoms with Crippen LogP contribution < -0.4 is 22.3 Å². The Morgan fingerprint density at radius 1 is 1.03 bits per heavy atom. The average molecular weight is 678 g/mol. The third-order valence-corrected chi connectivity index (χ3v) is 8.02. The number of carbonyl (C=O) groups is 2. The van der Waals surface area contributed by atoms with E-state index in [1.807, 2.05) is 18.2 Å². The van der Waals surface area contributed by atoms with Crippen molar-refractivity contribution < 1.29 is 9.59 Å². The number of halogens is 3. The van der Waals surface area contributed by atoms with E-state index < -0.39 is 11.9 Å². The van der Waals surface area contributed by atoms with Gasteiger partial charge in [0.1, 0.15) is 11.7 Å². The number of fused-ring (bicyclic) bond motifs is 1. The summed E-state index contributed by atoms with van der Waals surface area (Å²) in [6, 6.07) is 9.42. The summed E-state index contributed by atoms with van der Waals surface area (Å²) in [5, 5.41) is 3.99. The van der Waals surface area contributed by atoms with Crippen molar-refractivity contribution in [2.45, 2.75) is 62.8 Å². The molecule has 1 atom stereocenters. The van der Waals surface area contributed by atoms with Crippen molar-refractivity contribution >= 4 is 73.7 Å². The summed E-state index contributed by atoms with van der Waals surface area (Å²) < 4.78 is 0. The first-order chi connectivity index (χ1) is 15.5. The van der Waals surface area contributed by atoms with Crippen LogP contribution in [0.3, 0.4) is 0 Å². The van der Waals surface area contributed by atoms with Crippen molar-refractivity contribution in [2.24, 2.45) is 29.3 Å². The molecule has 0 radical (unpaired) electrons. The number of hydrazine groups is 1. The molecule has 1 aromatic heterocycles. The van der Waals surface area contributed by atoms with Crippen LogP contribution in [0.4, 0.5) is 0 Å². The van der Waals surface area contributed by atoms with Gasteiger partial charge >= 0.3 is 0 Å². The zero-order chi connectivity index (χ0) is 22.3. The van der Waals surface area contributed by atoms with E-state index in [0.717, 1.165) is 28.7 Å². The molecule has 4 aliphatic carbocycles. The van der Waals surface area contributed by atoms with Crippen molar-refractivity contribution in [3.05, 3.63) is 41.6 Å². The number of nitrogens with zero attached hydrogens (tertiary/aromatic N) is 1. The SMILES string of the molecule is Br.Br.Br.NCCC[C@H](NC(=O)c1cc(C23CC4CC(CC(C4)C2)C3)c2ccccc2n1)C(=O)NN. The summed E-state index contributed by atoms with van der Waals surface area (Å²) in [5.74, 6) is 6.98. The summed E-state index contributed by atoms with van der Waals surface area (Å²) >= 11 is 0. The molecule has 4 fully saturated rings. The molecule has 6 rings (SSSR count). The predicted octanol–water partition coefficient (Wildman–Crippen LogP) is 4.26. The van der Waals surface area contributed by atoms with Gasteiger partial charge in [-0.2, -0.15) is 0 Å². The Hall–Kier alpha value is -1.07. The first-order valence-electron chi connectivity index (χ1n) is 11.9. The van der Waals surface area contributed by atoms with Gasteiger partial charge in [-0.3, -0.25) is 15.0 Å². The zero-order valence-corrected chi connectivity index (χ0v) is 24.8. The van der Waals surface area contributed by atoms with Crippen molar-refractivity contribution in [3.8, 4) is 0 Å². The molecule has 2 aromatic rings. The Morgan fingerprint density at radius 2 is 1.63 bits per heavy atom. The zero-order valence-electron chi connectivity index (χ0n) is 19.7. The number of rotatable bonds is 7. The molecule has 0 aliphatic heterocycles. The van der Waals surface area contributed by atoms with E-state index in [1.54, 1.807) is 0 Å². The van der Waals surface area contributed by atoms with Crippen molar-refractivity contribution in [2.75, 3.05) is 6.54 Å². The standard InChI is InChI=1S/C25H33N5O2.3BrH/c26-7-3-6-21(24(32)30-27)29-23(31)22-11-19(18-4-1-2-5-20(18)28-22)25-12-15-8-16(13-25)10-17(9-15)14-25;;;/h1-2,4-5,11,15-17,21H,3,6-10,12-14,26-27H2,(H,29,31)(H,30,32);3*1H/t15?,16?,17?,21-,25?;;;/m0.../s1. The molecule has 7 nitrogen and oxygen atoms in total. The topological polar surface area (TPSA) is 123 Å². The lowest BCUT2D eigenvalue weighted by Crippen LogP contribution is -2.49. The first kappa shape index (κ1) is 30.2. The summed E-state index contributed by atoms with van der Waals surface area (Å²) in [6.45, 7) is 0.439. The Balaban J connectivity index is 0.00000144. The maximum Gasteiger partial charge on any atom is 0.270 e. The van der Waals surface area contributed by atoms with Crippen LogP contribution in [0.2, 0.25) is 0 Å². The fraction of sp³-hybridized carbons (Fsp3) is 0.560. The van der Waals surface area contributed by atoms with Crippen LogP contribution in [0.25, 0.3) is 10.9 Å². The van der Waals surface area contributed by atoms with Crippen molar-refractivity contribution in [1.82, 2.24) is 15.7 Å². The molecule has 2 amide bonds. The number of aromatic nitrogens is 1. The fourth-order valence-corrected chi connectivity index (χ4v) is 7.09. The highest BCUT2D eigenvalue weighted by atomic mass is 79.9. The predicted molar refractivity (Wildman–Crippen MR) is 154 cm³/mol. The van der Waals surface area contributed by atoms with Crippen LogP contribution in [0.15, 0.2) is 30.3 Å². The second kappa shape index (κ2) is 12.4. The smallest absolute Gasteiger partial charge is 0.270 e. The quantitative estimate of drug-likeness (QED) is 0.198. The lowest BCUT2D eigenvalue weighted by Gasteiger charge is -2.57. The molecule has 0 unspecified atom stereocenters. The first-order valence-corrected chi connectivity index (χ1v) is 11.9. The number of nitrogens with two attached hydrogens (primary N) is 2. The minimum atomic E-state index is -0.729. The molecule has 1 aromatic carbocycles. The molecule has 194 valence electrons. The summed E-state index contributed by atoms with van der Waals surface area (Å²) in [4.78, 5) is 30.1. The van der Waals surface area contributed by atoms with E-state index in [9.17, 15) is 9.59 Å². The van der Waals surface area contributed by atoms with Gasteiger partial charge in [0.05, 0.1) is 5.52 Å². The molecule has 4 aliphatic rings. The average Bonchev–Trinajstić information content (AvgIpc) is 2.79. The molecule has 4 bridgehead atoms. The van der Waals surface area contributed by atoms with Gasteiger partial charge in [0.15, 0.2) is 0 Å². The summed E-state index contributed by atoms with van der Waals surface area (Å²) in [7, 11) is 0. The van der Waals surface area contributed by atoms with E-state index in [2.05, 4.69) is 27.9 Å². The highest BCUT2D eigenvalue weighted by Gasteiger charge is 2.52. The van der Waals surface area contributed by atoms with Crippen molar-refractivity contribution in [3.63, 3.8) is 0 Å². The van der Waals surface area contributed by atoms with Gasteiger partial charge < -0.3 is 11.1 Å². The molecule has 35 heavy (non-hydrogen) atoms. The van der Waals surface area contributed by atoms with Gasteiger partial charge in [-0.1, -0.05) is 18.2 Å². The molecule has 10 heteroatoms. The van der Waals surface area contributed by atoms with Crippen LogP contribution in [0.5, 0.6) is 0 Å². The third kappa shape index (κ3) is 5.92. The molecular weight excluding hydrogens is 642 g/mol. The number of benzene rings is 1. The lowest BCUT2D eigenvalue weighted by atomic mass is 9.48. The second-order valence-corrected chi connectivity index (χ2v) is 10.2. The monoisotopic (exact) mass is 675 g/mol. The number of para-hydroxylation sites is 1. The van der Waals surface area contributed by atoms with Gasteiger partial charge in [0, 0.05) is 5.39 Å². The Bertz CT molecular complexity index is 1020. The normalized spacial score (nSPS) is 26.6. The van der Waals surface area contributed by atoms with Crippen LogP contribution in [-0.4, -0.2) is 29.4 Å². The molecule has 0 spiro atoms. The van der Waals surface area contributed by atoms with Crippen LogP contribution in [-0.2, 0) is 10.2 Å². The number of carbonyl (C=O) groups excluding carboxylic acids is 2. The maximum absolute atomic E-state index is 13.2. The lowest BCUT2D eigenvalue weighted by molar-refractivity contribution is -0.123. The molecule has 4 saturated carbocycles. The van der Waals surface area contributed by atoms with Gasteiger partial charge in [0.2, 0.25) is 0 Å². The van der Waals surface area contributed by atoms with E-state index in [1.165, 1.54) is 44.1 Å². The summed E-state index contributed by atoms with van der Waals surface area (Å²) in [5.41, 5.74) is 10.4. The van der Waals surface area contributed by atoms with Crippen LogP contribution >= 0.6 is 50.9 Å². The van der Waals surface area contributed by atoms with Crippen LogP contribution in [0.1, 0.15) is 67.4 Å². The van der Waals surface area contributed by atoms with Gasteiger partial charge in [0.25, 0.3) is 11.8 Å². The molecule has 0 saturated heterocycles. The van der Waals surface area contributed by atoms with E-state index in [0.29, 0.717) is 25.1 Å². The number of pyridine rings is 1. The minimum absolute atomic E-state index is 0. The van der Waals surface area contributed by atoms with Gasteiger partial charge in [-0.15, -0.1) is 50.9 Å². The number of hydrogen-bond donors (Lipinski definition) is 4. The highest BCUT2D eigenvalue weighted by molar-refractivity contribution is 8.93. The van der Waals surface area contributed by atoms with Crippen LogP contribution in [0, 0.1) is 17.8 Å². The number of nitrogens with one attached hydrogen (secondary N) is 2. The molecular formula is C25H36Br3N5O2. The maximum atomic E-state index is 13.2. The minimum Gasteiger partial charge on any atom is -0.339 e. The van der Waals surface area contributed by atoms with Gasteiger partial charge in [-0.25, -0.2) is 10.8 Å². The highest BCUT2D eigenvalue weighted by Crippen LogP contribution is 2.61. The third-order valence-electron chi connectivity index (χ3n) is 8.02. The van der Waals surface area contributed by atoms with E-state index in [-0.39, 0.29) is 62.3 Å². The fourth-order valence-electron chi connectivity index (χ4n) is 7.09. The Morgan fingerprint density at radius 3 is 2.20 bits per heavy atom. The number of hydrogen-bond acceptors (Lipinski definition) is 5. The Labute approximate surface area is 238 Å². The van der Waals surface area contributed by atoms with E-state index in [4.69, 9.17) is 11.6 Å².